The number of ether oxygens (including phenoxy) is 2. The Morgan fingerprint density at radius 2 is 1.87 bits per heavy atom. The van der Waals surface area contributed by atoms with E-state index in [4.69, 9.17) is 15.2 Å². The number of carbonyl (C=O) groups excluding carboxylic acids is 1. The fourth-order valence-electron chi connectivity index (χ4n) is 2.32. The van der Waals surface area contributed by atoms with Gasteiger partial charge in [-0.3, -0.25) is 4.79 Å². The normalized spacial score (nSPS) is 11.6. The molecule has 23 heavy (non-hydrogen) atoms. The zero-order chi connectivity index (χ0) is 16.7. The van der Waals surface area contributed by atoms with Crippen LogP contribution in [0.5, 0.6) is 11.5 Å². The van der Waals surface area contributed by atoms with Gasteiger partial charge >= 0.3 is 0 Å². The van der Waals surface area contributed by atoms with Crippen LogP contribution in [-0.4, -0.2) is 26.7 Å². The van der Waals surface area contributed by atoms with E-state index >= 15 is 0 Å². The van der Waals surface area contributed by atoms with E-state index in [2.05, 4.69) is 5.32 Å². The second kappa shape index (κ2) is 8.19. The summed E-state index contributed by atoms with van der Waals surface area (Å²) in [6.07, 6.45) is 0.633. The molecule has 0 saturated carbocycles. The summed E-state index contributed by atoms with van der Waals surface area (Å²) in [6.45, 7) is 0.475. The van der Waals surface area contributed by atoms with Gasteiger partial charge in [0.05, 0.1) is 14.2 Å². The minimum Gasteiger partial charge on any atom is -0.497 e. The van der Waals surface area contributed by atoms with Crippen molar-refractivity contribution in [2.24, 2.45) is 5.73 Å². The van der Waals surface area contributed by atoms with Gasteiger partial charge in [0.25, 0.3) is 0 Å². The van der Waals surface area contributed by atoms with Gasteiger partial charge in [0.2, 0.25) is 5.91 Å². The van der Waals surface area contributed by atoms with Gasteiger partial charge < -0.3 is 20.5 Å². The Morgan fingerprint density at radius 1 is 1.13 bits per heavy atom. The van der Waals surface area contributed by atoms with Crippen molar-refractivity contribution >= 4 is 5.91 Å². The van der Waals surface area contributed by atoms with E-state index in [1.165, 1.54) is 0 Å². The van der Waals surface area contributed by atoms with Crippen molar-refractivity contribution in [1.82, 2.24) is 5.32 Å². The van der Waals surface area contributed by atoms with E-state index in [1.54, 1.807) is 14.2 Å². The first-order valence-electron chi connectivity index (χ1n) is 7.45. The first kappa shape index (κ1) is 16.8. The molecule has 0 spiro atoms. The van der Waals surface area contributed by atoms with E-state index < -0.39 is 6.04 Å². The van der Waals surface area contributed by atoms with Crippen molar-refractivity contribution in [2.75, 3.05) is 20.8 Å². The van der Waals surface area contributed by atoms with Crippen LogP contribution in [0.4, 0.5) is 0 Å². The zero-order valence-corrected chi connectivity index (χ0v) is 13.4. The van der Waals surface area contributed by atoms with Crippen molar-refractivity contribution in [3.63, 3.8) is 0 Å². The Morgan fingerprint density at radius 3 is 2.52 bits per heavy atom. The molecule has 0 saturated heterocycles. The van der Waals surface area contributed by atoms with Crippen LogP contribution in [0, 0.1) is 0 Å². The summed E-state index contributed by atoms with van der Waals surface area (Å²) in [5.74, 6) is 1.33. The molecule has 0 bridgehead atoms. The van der Waals surface area contributed by atoms with Gasteiger partial charge in [0, 0.05) is 6.54 Å². The molecule has 5 nitrogen and oxygen atoms in total. The van der Waals surface area contributed by atoms with Crippen LogP contribution in [0.25, 0.3) is 0 Å². The monoisotopic (exact) mass is 314 g/mol. The molecule has 0 heterocycles. The number of hydrogen-bond acceptors (Lipinski definition) is 4. The van der Waals surface area contributed by atoms with Crippen LogP contribution in [0.3, 0.4) is 0 Å². The molecular weight excluding hydrogens is 292 g/mol. The minimum atomic E-state index is -0.664. The Balaban J connectivity index is 1.93. The first-order chi connectivity index (χ1) is 11.2. The quantitative estimate of drug-likeness (QED) is 0.820. The van der Waals surface area contributed by atoms with Gasteiger partial charge in [-0.05, 0) is 35.7 Å². The SMILES string of the molecule is COc1ccc(OC)c(CCNC(=O)C(N)c2ccccc2)c1. The standard InChI is InChI=1S/C18H22N2O3/c1-22-15-8-9-16(23-2)14(12-15)10-11-20-18(21)17(19)13-6-4-3-5-7-13/h3-9,12,17H,10-11,19H2,1-2H3,(H,20,21). The molecule has 5 heteroatoms. The van der Waals surface area contributed by atoms with Crippen molar-refractivity contribution in [3.8, 4) is 11.5 Å². The van der Waals surface area contributed by atoms with Crippen molar-refractivity contribution < 1.29 is 14.3 Å². The molecule has 0 fully saturated rings. The van der Waals surface area contributed by atoms with Gasteiger partial charge in [-0.1, -0.05) is 30.3 Å². The number of nitrogens with one attached hydrogen (secondary N) is 1. The van der Waals surface area contributed by atoms with E-state index in [9.17, 15) is 4.79 Å². The lowest BCUT2D eigenvalue weighted by atomic mass is 10.1. The highest BCUT2D eigenvalue weighted by Gasteiger charge is 2.15. The van der Waals surface area contributed by atoms with E-state index in [0.29, 0.717) is 13.0 Å². The van der Waals surface area contributed by atoms with Gasteiger partial charge in [0.1, 0.15) is 17.5 Å². The maximum Gasteiger partial charge on any atom is 0.241 e. The maximum absolute atomic E-state index is 12.1. The average molecular weight is 314 g/mol. The molecule has 0 radical (unpaired) electrons. The summed E-state index contributed by atoms with van der Waals surface area (Å²) < 4.78 is 10.5. The molecule has 122 valence electrons. The van der Waals surface area contributed by atoms with E-state index in [1.807, 2.05) is 48.5 Å². The highest BCUT2D eigenvalue weighted by Crippen LogP contribution is 2.24. The predicted octanol–water partition coefficient (Wildman–Crippen LogP) is 2.06. The molecule has 1 amide bonds. The second-order valence-corrected chi connectivity index (χ2v) is 5.11. The summed E-state index contributed by atoms with van der Waals surface area (Å²) in [6, 6.07) is 14.2. The predicted molar refractivity (Wildman–Crippen MR) is 89.6 cm³/mol. The lowest BCUT2D eigenvalue weighted by molar-refractivity contribution is -0.122. The molecule has 1 unspecified atom stereocenters. The number of hydrogen-bond donors (Lipinski definition) is 2. The first-order valence-corrected chi connectivity index (χ1v) is 7.45. The zero-order valence-electron chi connectivity index (χ0n) is 13.4. The van der Waals surface area contributed by atoms with E-state index in [0.717, 1.165) is 22.6 Å². The molecule has 0 aliphatic rings. The van der Waals surface area contributed by atoms with Gasteiger partial charge in [-0.15, -0.1) is 0 Å². The van der Waals surface area contributed by atoms with Gasteiger partial charge in [-0.25, -0.2) is 0 Å². The highest BCUT2D eigenvalue weighted by atomic mass is 16.5. The lowest BCUT2D eigenvalue weighted by Crippen LogP contribution is -2.35. The molecule has 3 N–H and O–H groups in total. The number of nitrogens with two attached hydrogens (primary N) is 1. The minimum absolute atomic E-state index is 0.196. The van der Waals surface area contributed by atoms with Crippen molar-refractivity contribution in [2.45, 2.75) is 12.5 Å². The third-order valence-corrected chi connectivity index (χ3v) is 3.62. The Hall–Kier alpha value is -2.53. The van der Waals surface area contributed by atoms with E-state index in [-0.39, 0.29) is 5.91 Å². The molecular formula is C18H22N2O3. The molecule has 0 aliphatic heterocycles. The third-order valence-electron chi connectivity index (χ3n) is 3.62. The highest BCUT2D eigenvalue weighted by molar-refractivity contribution is 5.82. The fraction of sp³-hybridized carbons (Fsp3) is 0.278. The van der Waals surface area contributed by atoms with Crippen LogP contribution in [0.2, 0.25) is 0 Å². The average Bonchev–Trinajstić information content (AvgIpc) is 2.61. The molecule has 0 aliphatic carbocycles. The molecule has 2 aromatic carbocycles. The summed E-state index contributed by atoms with van der Waals surface area (Å²) in [5, 5.41) is 2.86. The van der Waals surface area contributed by atoms with Crippen LogP contribution in [0.1, 0.15) is 17.2 Å². The summed E-state index contributed by atoms with van der Waals surface area (Å²) >= 11 is 0. The van der Waals surface area contributed by atoms with Crippen LogP contribution in [0.15, 0.2) is 48.5 Å². The smallest absolute Gasteiger partial charge is 0.241 e. The van der Waals surface area contributed by atoms with Crippen molar-refractivity contribution in [1.29, 1.82) is 0 Å². The Labute approximate surface area is 136 Å². The number of rotatable bonds is 7. The van der Waals surface area contributed by atoms with Crippen LogP contribution in [-0.2, 0) is 11.2 Å². The van der Waals surface area contributed by atoms with Crippen molar-refractivity contribution in [3.05, 3.63) is 59.7 Å². The third kappa shape index (κ3) is 4.47. The lowest BCUT2D eigenvalue weighted by Gasteiger charge is -2.14. The largest absolute Gasteiger partial charge is 0.497 e. The Bertz CT molecular complexity index is 644. The number of benzene rings is 2. The molecule has 0 aromatic heterocycles. The summed E-state index contributed by atoms with van der Waals surface area (Å²) in [7, 11) is 3.24. The van der Waals surface area contributed by atoms with Gasteiger partial charge in [0.15, 0.2) is 0 Å². The van der Waals surface area contributed by atoms with Gasteiger partial charge in [-0.2, -0.15) is 0 Å². The van der Waals surface area contributed by atoms with Crippen LogP contribution < -0.4 is 20.5 Å². The number of amides is 1. The fourth-order valence-corrected chi connectivity index (χ4v) is 2.32. The number of methoxy groups -OCH3 is 2. The molecule has 2 rings (SSSR count). The second-order valence-electron chi connectivity index (χ2n) is 5.11. The number of carbonyl (C=O) groups is 1. The van der Waals surface area contributed by atoms with Crippen LogP contribution >= 0.6 is 0 Å². The Kier molecular flexibility index (Phi) is 6.00. The topological polar surface area (TPSA) is 73.6 Å². The summed E-state index contributed by atoms with van der Waals surface area (Å²) in [5.41, 5.74) is 7.73. The molecule has 1 atom stereocenters. The maximum atomic E-state index is 12.1. The molecule has 2 aromatic rings. The summed E-state index contributed by atoms with van der Waals surface area (Å²) in [4.78, 5) is 12.1.